The summed E-state index contributed by atoms with van der Waals surface area (Å²) in [5.74, 6) is -2.22. The molecular formula is C5H8O3Ti. The molecule has 9 heavy (non-hydrogen) atoms. The summed E-state index contributed by atoms with van der Waals surface area (Å²) in [5.41, 5.74) is 0. The number of hydrogen-bond acceptors (Lipinski definition) is 2. The Morgan fingerprint density at radius 2 is 1.78 bits per heavy atom. The molecule has 1 atom stereocenters. The van der Waals surface area contributed by atoms with Crippen LogP contribution in [0.5, 0.6) is 0 Å². The van der Waals surface area contributed by atoms with E-state index in [0.29, 0.717) is 0 Å². The van der Waals surface area contributed by atoms with Crippen molar-refractivity contribution in [3.63, 3.8) is 0 Å². The largest absolute Gasteiger partial charge is 0.481 e. The van der Waals surface area contributed by atoms with Gasteiger partial charge in [-0.1, -0.05) is 0 Å². The summed E-state index contributed by atoms with van der Waals surface area (Å²) in [4.78, 5) is 20.1. The van der Waals surface area contributed by atoms with Crippen molar-refractivity contribution >= 4 is 11.8 Å². The van der Waals surface area contributed by atoms with Crippen LogP contribution in [0.15, 0.2) is 0 Å². The van der Waals surface area contributed by atoms with Crippen molar-refractivity contribution in [2.75, 3.05) is 0 Å². The molecule has 0 heterocycles. The summed E-state index contributed by atoms with van der Waals surface area (Å²) < 4.78 is 0. The van der Waals surface area contributed by atoms with Crippen LogP contribution in [0.1, 0.15) is 13.8 Å². The molecule has 0 aliphatic heterocycles. The number of rotatable bonds is 2. The summed E-state index contributed by atoms with van der Waals surface area (Å²) in [5, 5.41) is 8.13. The second-order valence-corrected chi connectivity index (χ2v) is 1.67. The van der Waals surface area contributed by atoms with Crippen molar-refractivity contribution in [3.8, 4) is 0 Å². The van der Waals surface area contributed by atoms with E-state index in [2.05, 4.69) is 0 Å². The smallest absolute Gasteiger partial charge is 0.313 e. The van der Waals surface area contributed by atoms with Gasteiger partial charge in [0.25, 0.3) is 0 Å². The summed E-state index contributed by atoms with van der Waals surface area (Å²) in [6, 6.07) is 0. The Morgan fingerprint density at radius 1 is 1.44 bits per heavy atom. The van der Waals surface area contributed by atoms with Gasteiger partial charge in [-0.3, -0.25) is 9.59 Å². The first-order valence-corrected chi connectivity index (χ1v) is 2.29. The van der Waals surface area contributed by atoms with Gasteiger partial charge in [-0.05, 0) is 13.8 Å². The molecule has 50 valence electrons. The van der Waals surface area contributed by atoms with E-state index in [-0.39, 0.29) is 27.5 Å². The van der Waals surface area contributed by atoms with Crippen LogP contribution in [0.25, 0.3) is 0 Å². The second kappa shape index (κ2) is 4.71. The number of hydrogen-bond donors (Lipinski definition) is 1. The maximum atomic E-state index is 10.2. The van der Waals surface area contributed by atoms with E-state index in [1.54, 1.807) is 0 Å². The summed E-state index contributed by atoms with van der Waals surface area (Å²) >= 11 is 0. The molecule has 0 rings (SSSR count). The summed E-state index contributed by atoms with van der Waals surface area (Å²) in [6.07, 6.45) is 0. The predicted octanol–water partition coefficient (Wildman–Crippen LogP) is 0.294. The number of ketones is 1. The quantitative estimate of drug-likeness (QED) is 0.471. The number of carbonyl (C=O) groups is 2. The van der Waals surface area contributed by atoms with Gasteiger partial charge in [-0.25, -0.2) is 0 Å². The Balaban J connectivity index is 0. The fourth-order valence-electron chi connectivity index (χ4n) is 0.174. The molecule has 0 amide bonds. The van der Waals surface area contributed by atoms with Crippen LogP contribution in [-0.4, -0.2) is 16.9 Å². The molecule has 0 aromatic heterocycles. The molecule has 0 aliphatic rings. The van der Waals surface area contributed by atoms with Gasteiger partial charge in [0, 0.05) is 21.7 Å². The van der Waals surface area contributed by atoms with E-state index in [4.69, 9.17) is 5.11 Å². The van der Waals surface area contributed by atoms with Crippen LogP contribution in [0, 0.1) is 5.92 Å². The third-order valence-corrected chi connectivity index (χ3v) is 0.980. The number of aliphatic carboxylic acids is 1. The zero-order valence-corrected chi connectivity index (χ0v) is 6.90. The normalized spacial score (nSPS) is 11.3. The van der Waals surface area contributed by atoms with Crippen molar-refractivity contribution in [1.29, 1.82) is 0 Å². The standard InChI is InChI=1S/C5H8O3.Ti/c1-3(4(2)6)5(7)8;/h3H,1-2H3,(H,7,8);. The fourth-order valence-corrected chi connectivity index (χ4v) is 0.174. The molecule has 0 bridgehead atoms. The van der Waals surface area contributed by atoms with Crippen molar-refractivity contribution in [3.05, 3.63) is 0 Å². The molecule has 0 saturated carbocycles. The number of carboxylic acid groups (broad SMARTS) is 1. The van der Waals surface area contributed by atoms with Gasteiger partial charge in [0.15, 0.2) is 0 Å². The van der Waals surface area contributed by atoms with E-state index in [0.717, 1.165) is 0 Å². The third kappa shape index (κ3) is 4.36. The average Bonchev–Trinajstić information content (AvgIpc) is 1.64. The maximum Gasteiger partial charge on any atom is 0.313 e. The molecule has 0 spiro atoms. The fraction of sp³-hybridized carbons (Fsp3) is 0.600. The monoisotopic (exact) mass is 164 g/mol. The first-order valence-electron chi connectivity index (χ1n) is 2.29. The van der Waals surface area contributed by atoms with E-state index in [1.807, 2.05) is 0 Å². The first-order chi connectivity index (χ1) is 3.55. The van der Waals surface area contributed by atoms with Crippen LogP contribution < -0.4 is 0 Å². The minimum absolute atomic E-state index is 0. The van der Waals surface area contributed by atoms with Gasteiger partial charge < -0.3 is 5.11 Å². The van der Waals surface area contributed by atoms with E-state index in [1.165, 1.54) is 13.8 Å². The Hall–Kier alpha value is -0.146. The van der Waals surface area contributed by atoms with Gasteiger partial charge in [0.05, 0.1) is 0 Å². The van der Waals surface area contributed by atoms with Gasteiger partial charge >= 0.3 is 5.97 Å². The Bertz CT molecular complexity index is 107. The van der Waals surface area contributed by atoms with Crippen LogP contribution >= 0.6 is 0 Å². The van der Waals surface area contributed by atoms with Gasteiger partial charge in [-0.15, -0.1) is 0 Å². The molecule has 1 N–H and O–H groups in total. The van der Waals surface area contributed by atoms with Gasteiger partial charge in [0.1, 0.15) is 11.7 Å². The number of carboxylic acids is 1. The van der Waals surface area contributed by atoms with E-state index < -0.39 is 11.9 Å². The van der Waals surface area contributed by atoms with Crippen molar-refractivity contribution in [1.82, 2.24) is 0 Å². The van der Waals surface area contributed by atoms with Gasteiger partial charge in [-0.2, -0.15) is 0 Å². The third-order valence-electron chi connectivity index (χ3n) is 0.980. The molecule has 4 heteroatoms. The van der Waals surface area contributed by atoms with E-state index in [9.17, 15) is 9.59 Å². The summed E-state index contributed by atoms with van der Waals surface area (Å²) in [7, 11) is 0. The molecule has 1 unspecified atom stereocenters. The van der Waals surface area contributed by atoms with Crippen molar-refractivity contribution in [2.45, 2.75) is 13.8 Å². The Morgan fingerprint density at radius 3 is 1.78 bits per heavy atom. The number of Topliss-reactive ketones (excluding diaryl/α,β-unsaturated/α-hetero) is 1. The predicted molar refractivity (Wildman–Crippen MR) is 27.5 cm³/mol. The van der Waals surface area contributed by atoms with Crippen molar-refractivity contribution in [2.24, 2.45) is 5.92 Å². The Labute approximate surface area is 68.3 Å². The summed E-state index contributed by atoms with van der Waals surface area (Å²) in [6.45, 7) is 2.63. The van der Waals surface area contributed by atoms with Gasteiger partial charge in [0.2, 0.25) is 0 Å². The second-order valence-electron chi connectivity index (χ2n) is 1.67. The molecular weight excluding hydrogens is 156 g/mol. The first kappa shape index (κ1) is 11.6. The van der Waals surface area contributed by atoms with Crippen LogP contribution in [0.2, 0.25) is 0 Å². The minimum Gasteiger partial charge on any atom is -0.481 e. The molecule has 0 aromatic carbocycles. The topological polar surface area (TPSA) is 54.4 Å². The molecule has 3 nitrogen and oxygen atoms in total. The molecule has 0 saturated heterocycles. The molecule has 0 aliphatic carbocycles. The average molecular weight is 164 g/mol. The minimum atomic E-state index is -1.06. The zero-order valence-electron chi connectivity index (χ0n) is 5.34. The Kier molecular flexibility index (Phi) is 6.08. The van der Waals surface area contributed by atoms with Crippen LogP contribution in [0.3, 0.4) is 0 Å². The SMILES string of the molecule is CC(=O)C(C)C(=O)O.[Ti]. The van der Waals surface area contributed by atoms with Crippen LogP contribution in [0.4, 0.5) is 0 Å². The van der Waals surface area contributed by atoms with Crippen LogP contribution in [-0.2, 0) is 31.3 Å². The molecule has 0 radical (unpaired) electrons. The molecule has 0 aromatic rings. The number of carbonyl (C=O) groups excluding carboxylic acids is 1. The van der Waals surface area contributed by atoms with Crippen molar-refractivity contribution < 1.29 is 36.4 Å². The van der Waals surface area contributed by atoms with E-state index >= 15 is 0 Å². The maximum absolute atomic E-state index is 10.2. The molecule has 0 fully saturated rings. The zero-order chi connectivity index (χ0) is 6.73.